The topological polar surface area (TPSA) is 117 Å². The molecule has 0 amide bonds. The van der Waals surface area contributed by atoms with E-state index in [1.54, 1.807) is 12.1 Å². The lowest BCUT2D eigenvalue weighted by molar-refractivity contribution is 0.323. The van der Waals surface area contributed by atoms with E-state index in [0.29, 0.717) is 33.8 Å². The molecule has 5 rings (SSSR count). The molecule has 2 N–H and O–H groups in total. The number of benzene rings is 3. The number of fused-ring (bicyclic) bond motifs is 5. The SMILES string of the molecule is COc1cc(C2C(C#N)=C(N)Oc3c2c(=O)oc2c3ccc3ccccc32)cc(OC)c1OC. The van der Waals surface area contributed by atoms with E-state index in [0.717, 1.165) is 10.8 Å². The molecule has 0 fully saturated rings. The molecular formula is C26H20N2O6. The van der Waals surface area contributed by atoms with Gasteiger partial charge in [0, 0.05) is 5.39 Å². The molecule has 1 aliphatic heterocycles. The van der Waals surface area contributed by atoms with E-state index in [1.807, 2.05) is 36.4 Å². The van der Waals surface area contributed by atoms with E-state index in [4.69, 9.17) is 29.1 Å². The second-order valence-corrected chi connectivity index (χ2v) is 7.68. The maximum absolute atomic E-state index is 13.4. The zero-order valence-electron chi connectivity index (χ0n) is 18.7. The molecule has 0 radical (unpaired) electrons. The van der Waals surface area contributed by atoms with Crippen molar-refractivity contribution >= 4 is 21.7 Å². The number of allylic oxidation sites excluding steroid dienone is 1. The number of nitrogens with zero attached hydrogens (tertiary/aromatic N) is 1. The first-order chi connectivity index (χ1) is 16.5. The van der Waals surface area contributed by atoms with Gasteiger partial charge in [-0.3, -0.25) is 0 Å². The zero-order valence-corrected chi connectivity index (χ0v) is 18.7. The smallest absolute Gasteiger partial charge is 0.344 e. The lowest BCUT2D eigenvalue weighted by atomic mass is 9.83. The second-order valence-electron chi connectivity index (χ2n) is 7.68. The maximum atomic E-state index is 13.4. The van der Waals surface area contributed by atoms with Crippen molar-refractivity contribution in [3.05, 3.63) is 81.5 Å². The standard InChI is InChI=1S/C26H20N2O6/c1-30-18-10-14(11-19(31-2)24(18)32-3)20-17(12-27)25(28)33-23-16-9-8-13-6-4-5-7-15(13)22(16)34-26(29)21(20)23/h4-11,20H,28H2,1-3H3. The Morgan fingerprint density at radius 3 is 2.32 bits per heavy atom. The molecule has 4 aromatic rings. The van der Waals surface area contributed by atoms with Crippen molar-refractivity contribution in [2.75, 3.05) is 21.3 Å². The van der Waals surface area contributed by atoms with Gasteiger partial charge in [0.2, 0.25) is 11.6 Å². The lowest BCUT2D eigenvalue weighted by Gasteiger charge is -2.27. The first kappa shape index (κ1) is 21.2. The second kappa shape index (κ2) is 8.05. The molecule has 3 aromatic carbocycles. The summed E-state index contributed by atoms with van der Waals surface area (Å²) in [6, 6.07) is 16.7. The highest BCUT2D eigenvalue weighted by molar-refractivity contribution is 6.06. The predicted octanol–water partition coefficient (Wildman–Crippen LogP) is 4.19. The third-order valence-corrected chi connectivity index (χ3v) is 5.98. The molecule has 1 aliphatic rings. The van der Waals surface area contributed by atoms with Crippen molar-refractivity contribution in [2.45, 2.75) is 5.92 Å². The number of rotatable bonds is 4. The Morgan fingerprint density at radius 1 is 0.971 bits per heavy atom. The Hall–Kier alpha value is -4.64. The molecule has 0 bridgehead atoms. The molecule has 8 heteroatoms. The molecule has 0 spiro atoms. The number of methoxy groups -OCH3 is 3. The van der Waals surface area contributed by atoms with Gasteiger partial charge in [0.05, 0.1) is 38.2 Å². The van der Waals surface area contributed by atoms with Gasteiger partial charge < -0.3 is 29.1 Å². The van der Waals surface area contributed by atoms with Crippen molar-refractivity contribution in [3.63, 3.8) is 0 Å². The molecule has 0 aliphatic carbocycles. The normalized spacial score (nSPS) is 14.9. The van der Waals surface area contributed by atoms with E-state index >= 15 is 0 Å². The van der Waals surface area contributed by atoms with Gasteiger partial charge in [-0.15, -0.1) is 0 Å². The van der Waals surface area contributed by atoms with Gasteiger partial charge in [-0.2, -0.15) is 5.26 Å². The Kier molecular flexibility index (Phi) is 5.02. The highest BCUT2D eigenvalue weighted by atomic mass is 16.5. The maximum Gasteiger partial charge on any atom is 0.344 e. The summed E-state index contributed by atoms with van der Waals surface area (Å²) in [4.78, 5) is 13.4. The molecule has 1 atom stereocenters. The van der Waals surface area contributed by atoms with Crippen LogP contribution in [0.2, 0.25) is 0 Å². The van der Waals surface area contributed by atoms with Crippen LogP contribution in [0.15, 0.2) is 69.2 Å². The van der Waals surface area contributed by atoms with Crippen LogP contribution < -0.4 is 30.3 Å². The summed E-state index contributed by atoms with van der Waals surface area (Å²) in [6.07, 6.45) is 0. The average molecular weight is 456 g/mol. The summed E-state index contributed by atoms with van der Waals surface area (Å²) in [5, 5.41) is 12.2. The van der Waals surface area contributed by atoms with E-state index in [2.05, 4.69) is 6.07 Å². The van der Waals surface area contributed by atoms with Gasteiger partial charge >= 0.3 is 5.63 Å². The van der Waals surface area contributed by atoms with Crippen LogP contribution in [0.4, 0.5) is 0 Å². The van der Waals surface area contributed by atoms with Crippen molar-refractivity contribution < 1.29 is 23.4 Å². The summed E-state index contributed by atoms with van der Waals surface area (Å²) in [7, 11) is 4.47. The molecule has 1 unspecified atom stereocenters. The first-order valence-electron chi connectivity index (χ1n) is 10.4. The number of hydrogen-bond donors (Lipinski definition) is 1. The van der Waals surface area contributed by atoms with E-state index in [9.17, 15) is 10.1 Å². The minimum absolute atomic E-state index is 0.0780. The number of nitriles is 1. The van der Waals surface area contributed by atoms with E-state index in [-0.39, 0.29) is 22.8 Å². The van der Waals surface area contributed by atoms with Gasteiger partial charge in [0.1, 0.15) is 17.2 Å². The van der Waals surface area contributed by atoms with Crippen LogP contribution in [0.5, 0.6) is 23.0 Å². The van der Waals surface area contributed by atoms with Crippen LogP contribution in [0.3, 0.4) is 0 Å². The van der Waals surface area contributed by atoms with E-state index < -0.39 is 11.5 Å². The quantitative estimate of drug-likeness (QED) is 0.359. The monoisotopic (exact) mass is 456 g/mol. The Labute approximate surface area is 194 Å². The summed E-state index contributed by atoms with van der Waals surface area (Å²) >= 11 is 0. The highest BCUT2D eigenvalue weighted by Crippen LogP contribution is 2.48. The fourth-order valence-electron chi connectivity index (χ4n) is 4.45. The largest absolute Gasteiger partial charge is 0.493 e. The van der Waals surface area contributed by atoms with Crippen LogP contribution in [0.1, 0.15) is 17.0 Å². The molecular weight excluding hydrogens is 436 g/mol. The molecule has 0 saturated heterocycles. The van der Waals surface area contributed by atoms with Crippen LogP contribution >= 0.6 is 0 Å². The summed E-state index contributed by atoms with van der Waals surface area (Å²) in [5.41, 5.74) is 6.74. The number of hydrogen-bond acceptors (Lipinski definition) is 8. The van der Waals surface area contributed by atoms with Gasteiger partial charge in [-0.25, -0.2) is 4.79 Å². The molecule has 170 valence electrons. The predicted molar refractivity (Wildman–Crippen MR) is 125 cm³/mol. The van der Waals surface area contributed by atoms with Crippen LogP contribution in [0, 0.1) is 11.3 Å². The van der Waals surface area contributed by atoms with Gasteiger partial charge in [-0.05, 0) is 29.1 Å². The molecule has 8 nitrogen and oxygen atoms in total. The minimum Gasteiger partial charge on any atom is -0.493 e. The number of nitrogens with two attached hydrogens (primary N) is 1. The summed E-state index contributed by atoms with van der Waals surface area (Å²) in [5.74, 6) is 0.429. The van der Waals surface area contributed by atoms with Crippen molar-refractivity contribution in [3.8, 4) is 29.1 Å². The third-order valence-electron chi connectivity index (χ3n) is 5.98. The minimum atomic E-state index is -0.866. The van der Waals surface area contributed by atoms with Crippen molar-refractivity contribution in [1.82, 2.24) is 0 Å². The molecule has 34 heavy (non-hydrogen) atoms. The molecule has 2 heterocycles. The highest BCUT2D eigenvalue weighted by Gasteiger charge is 2.36. The Balaban J connectivity index is 1.86. The van der Waals surface area contributed by atoms with Crippen LogP contribution in [-0.2, 0) is 0 Å². The van der Waals surface area contributed by atoms with Gasteiger partial charge in [-0.1, -0.05) is 30.3 Å². The van der Waals surface area contributed by atoms with Crippen molar-refractivity contribution in [2.24, 2.45) is 5.73 Å². The zero-order chi connectivity index (χ0) is 24.0. The van der Waals surface area contributed by atoms with E-state index in [1.165, 1.54) is 21.3 Å². The summed E-state index contributed by atoms with van der Waals surface area (Å²) < 4.78 is 28.1. The van der Waals surface area contributed by atoms with Crippen molar-refractivity contribution in [1.29, 1.82) is 5.26 Å². The molecule has 0 saturated carbocycles. The summed E-state index contributed by atoms with van der Waals surface area (Å²) in [6.45, 7) is 0. The van der Waals surface area contributed by atoms with Gasteiger partial charge in [0.25, 0.3) is 0 Å². The van der Waals surface area contributed by atoms with Crippen LogP contribution in [-0.4, -0.2) is 21.3 Å². The fourth-order valence-corrected chi connectivity index (χ4v) is 4.45. The average Bonchev–Trinajstić information content (AvgIpc) is 2.86. The van der Waals surface area contributed by atoms with Crippen LogP contribution in [0.25, 0.3) is 21.7 Å². The molecule has 1 aromatic heterocycles. The Bertz CT molecular complexity index is 1570. The number of ether oxygens (including phenoxy) is 4. The fraction of sp³-hybridized carbons (Fsp3) is 0.154. The third kappa shape index (κ3) is 3.02. The first-order valence-corrected chi connectivity index (χ1v) is 10.4. The van der Waals surface area contributed by atoms with Gasteiger partial charge in [0.15, 0.2) is 17.2 Å². The lowest BCUT2D eigenvalue weighted by Crippen LogP contribution is -2.26. The Morgan fingerprint density at radius 2 is 1.68 bits per heavy atom.